The van der Waals surface area contributed by atoms with E-state index in [0.717, 1.165) is 10.6 Å². The lowest BCUT2D eigenvalue weighted by Crippen LogP contribution is -2.09. The highest BCUT2D eigenvalue weighted by Gasteiger charge is 2.14. The molecule has 0 aliphatic heterocycles. The first-order valence-corrected chi connectivity index (χ1v) is 7.60. The maximum Gasteiger partial charge on any atom is 0.128 e. The molecule has 0 bridgehead atoms. The van der Waals surface area contributed by atoms with Crippen LogP contribution in [0.1, 0.15) is 24.1 Å². The molecule has 0 fully saturated rings. The average molecular weight is 293 g/mol. The Morgan fingerprint density at radius 2 is 1.85 bits per heavy atom. The Labute approximate surface area is 122 Å². The molecule has 0 saturated heterocycles. The zero-order chi connectivity index (χ0) is 14.7. The third-order valence-corrected chi connectivity index (χ3v) is 3.92. The van der Waals surface area contributed by atoms with Gasteiger partial charge in [-0.05, 0) is 56.0 Å². The second-order valence-corrected chi connectivity index (χ2v) is 5.60. The maximum absolute atomic E-state index is 13.9. The largest absolute Gasteiger partial charge is 0.378 e. The second-order valence-electron chi connectivity index (χ2n) is 4.72. The van der Waals surface area contributed by atoms with E-state index in [4.69, 9.17) is 0 Å². The van der Waals surface area contributed by atoms with Gasteiger partial charge in [0.15, 0.2) is 0 Å². The van der Waals surface area contributed by atoms with Crippen LogP contribution in [0.15, 0.2) is 41.3 Å². The third kappa shape index (κ3) is 3.31. The van der Waals surface area contributed by atoms with Crippen molar-refractivity contribution >= 4 is 17.4 Å². The van der Waals surface area contributed by atoms with E-state index >= 15 is 0 Å². The summed E-state index contributed by atoms with van der Waals surface area (Å²) >= 11 is 1.64. The van der Waals surface area contributed by atoms with Crippen molar-refractivity contribution < 1.29 is 8.78 Å². The van der Waals surface area contributed by atoms with Gasteiger partial charge in [0.2, 0.25) is 0 Å². The fourth-order valence-corrected chi connectivity index (χ4v) is 2.49. The summed E-state index contributed by atoms with van der Waals surface area (Å²) in [5.74, 6) is -0.766. The molecule has 4 heteroatoms. The first kappa shape index (κ1) is 14.9. The number of nitrogens with one attached hydrogen (secondary N) is 1. The summed E-state index contributed by atoms with van der Waals surface area (Å²) in [6.07, 6.45) is 2.00. The first-order valence-electron chi connectivity index (χ1n) is 6.37. The molecule has 1 atom stereocenters. The molecule has 0 amide bonds. The monoisotopic (exact) mass is 293 g/mol. The fourth-order valence-electron chi connectivity index (χ4n) is 2.03. The second kappa shape index (κ2) is 6.27. The molecule has 0 radical (unpaired) electrons. The normalized spacial score (nSPS) is 12.2. The topological polar surface area (TPSA) is 12.0 Å². The minimum Gasteiger partial charge on any atom is -0.378 e. The molecule has 1 unspecified atom stereocenters. The van der Waals surface area contributed by atoms with Crippen molar-refractivity contribution in [1.82, 2.24) is 0 Å². The van der Waals surface area contributed by atoms with Crippen LogP contribution in [0, 0.1) is 18.6 Å². The lowest BCUT2D eigenvalue weighted by Gasteiger charge is -2.17. The number of anilines is 1. The van der Waals surface area contributed by atoms with Crippen LogP contribution < -0.4 is 5.32 Å². The summed E-state index contributed by atoms with van der Waals surface area (Å²) in [4.78, 5) is 1.12. The van der Waals surface area contributed by atoms with Crippen molar-refractivity contribution in [1.29, 1.82) is 0 Å². The Morgan fingerprint density at radius 3 is 2.55 bits per heavy atom. The number of halogens is 2. The molecule has 0 aliphatic rings. The van der Waals surface area contributed by atoms with Crippen molar-refractivity contribution in [3.63, 3.8) is 0 Å². The van der Waals surface area contributed by atoms with Gasteiger partial charge in [0.1, 0.15) is 11.6 Å². The van der Waals surface area contributed by atoms with Gasteiger partial charge in [-0.2, -0.15) is 0 Å². The van der Waals surface area contributed by atoms with Gasteiger partial charge in [-0.15, -0.1) is 11.8 Å². The fraction of sp³-hybridized carbons (Fsp3) is 0.250. The standard InChI is InChI=1S/C16H17F2NS/c1-10-7-16(18)14(9-15(10)17)11(2)19-12-5-4-6-13(8-12)20-3/h4-9,11,19H,1-3H3. The molecule has 106 valence electrons. The van der Waals surface area contributed by atoms with Gasteiger partial charge >= 0.3 is 0 Å². The zero-order valence-corrected chi connectivity index (χ0v) is 12.5. The minimum absolute atomic E-state index is 0.304. The summed E-state index contributed by atoms with van der Waals surface area (Å²) in [5, 5.41) is 3.20. The van der Waals surface area contributed by atoms with E-state index in [0.29, 0.717) is 11.1 Å². The van der Waals surface area contributed by atoms with E-state index in [1.165, 1.54) is 12.1 Å². The Kier molecular flexibility index (Phi) is 4.65. The summed E-state index contributed by atoms with van der Waals surface area (Å²) in [5.41, 5.74) is 1.55. The van der Waals surface area contributed by atoms with Crippen molar-refractivity contribution in [2.24, 2.45) is 0 Å². The van der Waals surface area contributed by atoms with Gasteiger partial charge in [-0.25, -0.2) is 8.78 Å². The van der Waals surface area contributed by atoms with E-state index in [-0.39, 0.29) is 17.7 Å². The van der Waals surface area contributed by atoms with E-state index in [1.807, 2.05) is 37.4 Å². The summed E-state index contributed by atoms with van der Waals surface area (Å²) in [6, 6.07) is 10.0. The predicted octanol–water partition coefficient (Wildman–Crippen LogP) is 5.17. The summed E-state index contributed by atoms with van der Waals surface area (Å²) < 4.78 is 27.5. The van der Waals surface area contributed by atoms with E-state index in [2.05, 4.69) is 5.32 Å². The molecule has 0 aliphatic carbocycles. The zero-order valence-electron chi connectivity index (χ0n) is 11.7. The highest BCUT2D eigenvalue weighted by Crippen LogP contribution is 2.26. The Morgan fingerprint density at radius 1 is 1.10 bits per heavy atom. The Balaban J connectivity index is 2.23. The minimum atomic E-state index is -0.384. The summed E-state index contributed by atoms with van der Waals surface area (Å²) in [7, 11) is 0. The molecule has 2 aromatic carbocycles. The third-order valence-electron chi connectivity index (χ3n) is 3.20. The smallest absolute Gasteiger partial charge is 0.128 e. The van der Waals surface area contributed by atoms with Gasteiger partial charge in [-0.1, -0.05) is 6.07 Å². The lowest BCUT2D eigenvalue weighted by atomic mass is 10.0. The molecule has 1 N–H and O–H groups in total. The Bertz CT molecular complexity index is 613. The van der Waals surface area contributed by atoms with Crippen molar-refractivity contribution in [2.45, 2.75) is 24.8 Å². The van der Waals surface area contributed by atoms with Crippen LogP contribution in [0.4, 0.5) is 14.5 Å². The maximum atomic E-state index is 13.9. The average Bonchev–Trinajstić information content (AvgIpc) is 2.43. The molecule has 0 spiro atoms. The molecule has 20 heavy (non-hydrogen) atoms. The highest BCUT2D eigenvalue weighted by molar-refractivity contribution is 7.98. The van der Waals surface area contributed by atoms with E-state index < -0.39 is 0 Å². The van der Waals surface area contributed by atoms with Crippen LogP contribution in [-0.4, -0.2) is 6.26 Å². The quantitative estimate of drug-likeness (QED) is 0.781. The highest BCUT2D eigenvalue weighted by atomic mass is 32.2. The molecular formula is C16H17F2NS. The van der Waals surface area contributed by atoms with Crippen LogP contribution in [0.25, 0.3) is 0 Å². The number of hydrogen-bond donors (Lipinski definition) is 1. The van der Waals surface area contributed by atoms with Crippen molar-refractivity contribution in [2.75, 3.05) is 11.6 Å². The van der Waals surface area contributed by atoms with Crippen LogP contribution in [0.2, 0.25) is 0 Å². The van der Waals surface area contributed by atoms with Crippen molar-refractivity contribution in [3.8, 4) is 0 Å². The number of aryl methyl sites for hydroxylation is 1. The SMILES string of the molecule is CSc1cccc(NC(C)c2cc(F)c(C)cc2F)c1. The Hall–Kier alpha value is -1.55. The molecule has 1 nitrogen and oxygen atoms in total. The number of thioether (sulfide) groups is 1. The molecule has 2 rings (SSSR count). The molecule has 0 aromatic heterocycles. The molecular weight excluding hydrogens is 276 g/mol. The summed E-state index contributed by atoms with van der Waals surface area (Å²) in [6.45, 7) is 3.38. The number of hydrogen-bond acceptors (Lipinski definition) is 2. The van der Waals surface area contributed by atoms with E-state index in [1.54, 1.807) is 18.7 Å². The van der Waals surface area contributed by atoms with Gasteiger partial charge in [0, 0.05) is 16.1 Å². The van der Waals surface area contributed by atoms with Crippen LogP contribution in [0.5, 0.6) is 0 Å². The van der Waals surface area contributed by atoms with Gasteiger partial charge in [0.25, 0.3) is 0 Å². The van der Waals surface area contributed by atoms with Crippen LogP contribution >= 0.6 is 11.8 Å². The molecule has 2 aromatic rings. The first-order chi connectivity index (χ1) is 9.51. The number of rotatable bonds is 4. The molecule has 0 heterocycles. The van der Waals surface area contributed by atoms with Gasteiger partial charge in [0.05, 0.1) is 6.04 Å². The van der Waals surface area contributed by atoms with Crippen molar-refractivity contribution in [3.05, 3.63) is 59.2 Å². The lowest BCUT2D eigenvalue weighted by molar-refractivity contribution is 0.571. The van der Waals surface area contributed by atoms with Crippen LogP contribution in [0.3, 0.4) is 0 Å². The van der Waals surface area contributed by atoms with Gasteiger partial charge < -0.3 is 5.32 Å². The van der Waals surface area contributed by atoms with Crippen LogP contribution in [-0.2, 0) is 0 Å². The molecule has 0 saturated carbocycles. The predicted molar refractivity (Wildman–Crippen MR) is 81.4 cm³/mol. The van der Waals surface area contributed by atoms with Gasteiger partial charge in [-0.3, -0.25) is 0 Å². The number of benzene rings is 2. The van der Waals surface area contributed by atoms with E-state index in [9.17, 15) is 8.78 Å².